The Balaban J connectivity index is 2.17. The van der Waals surface area contributed by atoms with Gasteiger partial charge in [0.2, 0.25) is 0 Å². The summed E-state index contributed by atoms with van der Waals surface area (Å²) in [5.41, 5.74) is 5.44. The number of nitrogens with one attached hydrogen (secondary N) is 1. The van der Waals surface area contributed by atoms with Crippen molar-refractivity contribution in [1.82, 2.24) is 10.5 Å². The molecule has 0 spiro atoms. The van der Waals surface area contributed by atoms with Crippen molar-refractivity contribution in [1.29, 1.82) is 0 Å². The first kappa shape index (κ1) is 18.9. The summed E-state index contributed by atoms with van der Waals surface area (Å²) in [6.45, 7) is 17.7. The van der Waals surface area contributed by atoms with Gasteiger partial charge >= 0.3 is 0 Å². The van der Waals surface area contributed by atoms with Crippen LogP contribution < -0.4 is 5.43 Å². The molecule has 1 aromatic rings. The van der Waals surface area contributed by atoms with Crippen molar-refractivity contribution in [3.05, 3.63) is 46.8 Å². The molecule has 24 heavy (non-hydrogen) atoms. The Hall–Kier alpha value is -1.39. The van der Waals surface area contributed by atoms with E-state index < -0.39 is 0 Å². The van der Waals surface area contributed by atoms with E-state index in [0.29, 0.717) is 5.92 Å². The van der Waals surface area contributed by atoms with E-state index in [2.05, 4.69) is 58.4 Å². The van der Waals surface area contributed by atoms with Gasteiger partial charge in [-0.3, -0.25) is 0 Å². The lowest BCUT2D eigenvalue weighted by Gasteiger charge is -2.31. The predicted molar refractivity (Wildman–Crippen MR) is 106 cm³/mol. The number of hydrogen-bond acceptors (Lipinski definition) is 4. The quantitative estimate of drug-likeness (QED) is 0.510. The molecule has 2 rings (SSSR count). The number of thiophene rings is 1. The average molecular weight is 346 g/mol. The van der Waals surface area contributed by atoms with Crippen LogP contribution in [0.2, 0.25) is 0 Å². The van der Waals surface area contributed by atoms with Crippen molar-refractivity contribution < 1.29 is 0 Å². The van der Waals surface area contributed by atoms with Crippen LogP contribution >= 0.6 is 11.3 Å². The molecule has 1 saturated carbocycles. The van der Waals surface area contributed by atoms with E-state index in [1.807, 2.05) is 22.5 Å². The summed E-state index contributed by atoms with van der Waals surface area (Å²) in [6.07, 6.45) is 6.92. The fourth-order valence-electron chi connectivity index (χ4n) is 2.87. The summed E-state index contributed by atoms with van der Waals surface area (Å²) in [4.78, 5) is 2.63. The molecule has 0 atom stereocenters. The van der Waals surface area contributed by atoms with E-state index in [4.69, 9.17) is 5.10 Å². The number of hydrazone groups is 1. The zero-order valence-electron chi connectivity index (χ0n) is 15.6. The predicted octanol–water partition coefficient (Wildman–Crippen LogP) is 5.66. The first-order valence-corrected chi connectivity index (χ1v) is 9.62. The van der Waals surface area contributed by atoms with Gasteiger partial charge in [-0.05, 0) is 38.0 Å². The second kappa shape index (κ2) is 8.13. The van der Waals surface area contributed by atoms with Gasteiger partial charge in [-0.1, -0.05) is 46.8 Å². The Morgan fingerprint density at radius 1 is 1.38 bits per heavy atom. The monoisotopic (exact) mass is 345 g/mol. The molecule has 1 heterocycles. The summed E-state index contributed by atoms with van der Waals surface area (Å²) in [5.74, 6) is 0.531. The molecule has 0 saturated heterocycles. The van der Waals surface area contributed by atoms with Gasteiger partial charge in [0.15, 0.2) is 0 Å². The van der Waals surface area contributed by atoms with Crippen molar-refractivity contribution >= 4 is 17.0 Å². The maximum atomic E-state index is 4.89. The van der Waals surface area contributed by atoms with Gasteiger partial charge in [-0.15, -0.1) is 11.3 Å². The van der Waals surface area contributed by atoms with Crippen molar-refractivity contribution in [2.75, 3.05) is 0 Å². The Labute approximate surface area is 151 Å². The van der Waals surface area contributed by atoms with Gasteiger partial charge in [-0.2, -0.15) is 5.10 Å². The van der Waals surface area contributed by atoms with Crippen LogP contribution in [0.4, 0.5) is 0 Å². The molecule has 0 aromatic carbocycles. The minimum atomic E-state index is -0.0518. The summed E-state index contributed by atoms with van der Waals surface area (Å²) in [6, 6.07) is 4.32. The molecule has 1 aliphatic rings. The van der Waals surface area contributed by atoms with E-state index in [1.54, 1.807) is 0 Å². The highest BCUT2D eigenvalue weighted by Gasteiger charge is 2.24. The lowest BCUT2D eigenvalue weighted by atomic mass is 9.93. The molecular formula is C20H31N3S. The molecule has 1 aromatic heterocycles. The van der Waals surface area contributed by atoms with Crippen LogP contribution in [-0.2, 0) is 6.54 Å². The maximum absolute atomic E-state index is 4.89. The fourth-order valence-corrected chi connectivity index (χ4v) is 3.69. The van der Waals surface area contributed by atoms with Gasteiger partial charge in [0, 0.05) is 21.1 Å². The van der Waals surface area contributed by atoms with Crippen LogP contribution in [0.25, 0.3) is 0 Å². The smallest absolute Gasteiger partial charge is 0.0650 e. The van der Waals surface area contributed by atoms with Crippen molar-refractivity contribution in [3.8, 4) is 0 Å². The van der Waals surface area contributed by atoms with Crippen LogP contribution in [0, 0.1) is 18.3 Å². The molecule has 0 aliphatic heterocycles. The van der Waals surface area contributed by atoms with Crippen molar-refractivity contribution in [2.24, 2.45) is 16.4 Å². The highest BCUT2D eigenvalue weighted by Crippen LogP contribution is 2.29. The Morgan fingerprint density at radius 2 is 2.04 bits per heavy atom. The summed E-state index contributed by atoms with van der Waals surface area (Å²) < 4.78 is 0. The second-order valence-corrected chi connectivity index (χ2v) is 8.94. The molecular weight excluding hydrogens is 314 g/mol. The molecule has 3 nitrogen and oxygen atoms in total. The van der Waals surface area contributed by atoms with Crippen LogP contribution in [-0.4, -0.2) is 10.8 Å². The molecule has 0 bridgehead atoms. The first-order chi connectivity index (χ1) is 11.3. The zero-order valence-corrected chi connectivity index (χ0v) is 16.4. The van der Waals surface area contributed by atoms with E-state index >= 15 is 0 Å². The number of rotatable bonds is 7. The SMILES string of the molecule is C=C/C(=N\N(NCc1ccc(C)s1)C(=C)C(C)(C)C)C1CCCC1. The van der Waals surface area contributed by atoms with Crippen molar-refractivity contribution in [3.63, 3.8) is 0 Å². The molecule has 0 radical (unpaired) electrons. The molecule has 1 aliphatic carbocycles. The highest BCUT2D eigenvalue weighted by atomic mass is 32.1. The molecule has 4 heteroatoms. The number of hydrazine groups is 1. The largest absolute Gasteiger partial charge is 0.208 e. The average Bonchev–Trinajstić information content (AvgIpc) is 3.18. The molecule has 1 N–H and O–H groups in total. The van der Waals surface area contributed by atoms with E-state index in [-0.39, 0.29) is 5.41 Å². The minimum absolute atomic E-state index is 0.0518. The number of nitrogens with zero attached hydrogens (tertiary/aromatic N) is 2. The third-order valence-electron chi connectivity index (χ3n) is 4.52. The van der Waals surface area contributed by atoms with Crippen molar-refractivity contribution in [2.45, 2.75) is 59.9 Å². The van der Waals surface area contributed by atoms with Gasteiger partial charge < -0.3 is 0 Å². The van der Waals surface area contributed by atoms with Gasteiger partial charge in [0.25, 0.3) is 0 Å². The van der Waals surface area contributed by atoms with Gasteiger partial charge in [-0.25, -0.2) is 10.5 Å². The van der Waals surface area contributed by atoms with E-state index in [9.17, 15) is 0 Å². The van der Waals surface area contributed by atoms with Crippen LogP contribution in [0.5, 0.6) is 0 Å². The Kier molecular flexibility index (Phi) is 6.41. The maximum Gasteiger partial charge on any atom is 0.0650 e. The third-order valence-corrected chi connectivity index (χ3v) is 5.52. The molecule has 0 unspecified atom stereocenters. The van der Waals surface area contributed by atoms with E-state index in [0.717, 1.165) is 18.0 Å². The third kappa shape index (κ3) is 5.05. The summed E-state index contributed by atoms with van der Waals surface area (Å²) >= 11 is 1.81. The van der Waals surface area contributed by atoms with Crippen LogP contribution in [0.3, 0.4) is 0 Å². The number of allylic oxidation sites excluding steroid dienone is 2. The fraction of sp³-hybridized carbons (Fsp3) is 0.550. The molecule has 1 fully saturated rings. The summed E-state index contributed by atoms with van der Waals surface area (Å²) in [5, 5.41) is 6.77. The van der Waals surface area contributed by atoms with E-state index in [1.165, 1.54) is 35.4 Å². The second-order valence-electron chi connectivity index (χ2n) is 7.57. The summed E-state index contributed by atoms with van der Waals surface area (Å²) in [7, 11) is 0. The minimum Gasteiger partial charge on any atom is -0.208 e. The molecule has 0 amide bonds. The molecule has 132 valence electrons. The number of hydrogen-bond donors (Lipinski definition) is 1. The van der Waals surface area contributed by atoms with Crippen LogP contribution in [0.15, 0.2) is 42.2 Å². The van der Waals surface area contributed by atoms with Crippen LogP contribution in [0.1, 0.15) is 56.2 Å². The Bertz CT molecular complexity index is 601. The first-order valence-electron chi connectivity index (χ1n) is 8.80. The van der Waals surface area contributed by atoms with Gasteiger partial charge in [0.1, 0.15) is 0 Å². The number of aryl methyl sites for hydroxylation is 1. The standard InChI is InChI=1S/C20H31N3S/c1-7-19(17-10-8-9-11-17)22-23(16(3)20(4,5)6)21-14-18-13-12-15(2)24-18/h7,12-13,17,21H,1,3,8-11,14H2,2,4-6H3/b22-19+. The normalized spacial score (nSPS) is 16.4. The topological polar surface area (TPSA) is 27.6 Å². The lowest BCUT2D eigenvalue weighted by Crippen LogP contribution is -2.37. The lowest BCUT2D eigenvalue weighted by molar-refractivity contribution is 0.200. The highest BCUT2D eigenvalue weighted by molar-refractivity contribution is 7.11. The Morgan fingerprint density at radius 3 is 2.54 bits per heavy atom. The van der Waals surface area contributed by atoms with Gasteiger partial charge in [0.05, 0.1) is 18.0 Å². The zero-order chi connectivity index (χ0) is 17.7.